The highest BCUT2D eigenvalue weighted by molar-refractivity contribution is 4.82. The van der Waals surface area contributed by atoms with Crippen molar-refractivity contribution in [3.63, 3.8) is 0 Å². The van der Waals surface area contributed by atoms with Gasteiger partial charge in [0.15, 0.2) is 0 Å². The molecule has 1 saturated heterocycles. The summed E-state index contributed by atoms with van der Waals surface area (Å²) in [6.45, 7) is 3.13. The second kappa shape index (κ2) is 2.46. The van der Waals surface area contributed by atoms with Crippen LogP contribution in [-0.4, -0.2) is 25.8 Å². The molecule has 1 aliphatic heterocycles. The summed E-state index contributed by atoms with van der Waals surface area (Å²) < 4.78 is 5.09. The minimum atomic E-state index is 0.519. The molecule has 2 nitrogen and oxygen atoms in total. The van der Waals surface area contributed by atoms with Gasteiger partial charge >= 0.3 is 0 Å². The molecule has 0 saturated carbocycles. The zero-order chi connectivity index (χ0) is 5.98. The number of nitrogens with one attached hydrogen (secondary N) is 1. The van der Waals surface area contributed by atoms with Crippen molar-refractivity contribution in [2.45, 2.75) is 25.5 Å². The van der Waals surface area contributed by atoms with Gasteiger partial charge < -0.3 is 10.1 Å². The van der Waals surface area contributed by atoms with Gasteiger partial charge in [-0.05, 0) is 13.5 Å². The maximum Gasteiger partial charge on any atom is 0.0962 e. The average molecular weight is 115 g/mol. The molecule has 0 amide bonds. The van der Waals surface area contributed by atoms with E-state index >= 15 is 0 Å². The first kappa shape index (κ1) is 6.05. The third-order valence-electron chi connectivity index (χ3n) is 1.62. The smallest absolute Gasteiger partial charge is 0.0962 e. The number of ether oxygens (including phenoxy) is 1. The minimum Gasteiger partial charge on any atom is -0.371 e. The van der Waals surface area contributed by atoms with Gasteiger partial charge in [-0.3, -0.25) is 0 Å². The average Bonchev–Trinajstić information content (AvgIpc) is 2.53. The molecule has 1 rings (SSSR count). The van der Waals surface area contributed by atoms with Crippen molar-refractivity contribution in [1.82, 2.24) is 5.32 Å². The van der Waals surface area contributed by atoms with Gasteiger partial charge in [-0.25, -0.2) is 0 Å². The first-order valence-corrected chi connectivity index (χ1v) is 3.17. The Morgan fingerprint density at radius 3 is 2.62 bits per heavy atom. The number of epoxide rings is 1. The van der Waals surface area contributed by atoms with Gasteiger partial charge in [0.2, 0.25) is 0 Å². The highest BCUT2D eigenvalue weighted by atomic mass is 16.6. The van der Waals surface area contributed by atoms with Crippen LogP contribution in [-0.2, 0) is 4.74 Å². The lowest BCUT2D eigenvalue weighted by molar-refractivity contribution is 0.345. The van der Waals surface area contributed by atoms with Crippen molar-refractivity contribution in [1.29, 1.82) is 0 Å². The normalized spacial score (nSPS) is 30.0. The molecular weight excluding hydrogens is 102 g/mol. The summed E-state index contributed by atoms with van der Waals surface area (Å²) >= 11 is 0. The SMILES string of the molecule is CC[C@H](NC)[C@H]1CO1. The van der Waals surface area contributed by atoms with E-state index in [1.54, 1.807) is 0 Å². The molecule has 0 radical (unpaired) electrons. The van der Waals surface area contributed by atoms with Crippen LogP contribution in [0.5, 0.6) is 0 Å². The van der Waals surface area contributed by atoms with E-state index in [9.17, 15) is 0 Å². The lowest BCUT2D eigenvalue weighted by Crippen LogP contribution is -2.29. The Morgan fingerprint density at radius 2 is 2.50 bits per heavy atom. The van der Waals surface area contributed by atoms with Crippen LogP contribution in [0, 0.1) is 0 Å². The Bertz CT molecular complexity index is 66.9. The predicted molar refractivity (Wildman–Crippen MR) is 32.9 cm³/mol. The van der Waals surface area contributed by atoms with Crippen molar-refractivity contribution in [2.24, 2.45) is 0 Å². The molecule has 2 heteroatoms. The number of hydrogen-bond donors (Lipinski definition) is 1. The quantitative estimate of drug-likeness (QED) is 0.538. The van der Waals surface area contributed by atoms with Crippen molar-refractivity contribution in [2.75, 3.05) is 13.7 Å². The highest BCUT2D eigenvalue weighted by Crippen LogP contribution is 2.15. The van der Waals surface area contributed by atoms with Crippen molar-refractivity contribution in [3.8, 4) is 0 Å². The van der Waals surface area contributed by atoms with Crippen LogP contribution < -0.4 is 5.32 Å². The molecule has 0 unspecified atom stereocenters. The third-order valence-corrected chi connectivity index (χ3v) is 1.62. The Kier molecular flexibility index (Phi) is 1.86. The van der Waals surface area contributed by atoms with Gasteiger partial charge in [0.1, 0.15) is 0 Å². The summed E-state index contributed by atoms with van der Waals surface area (Å²) in [7, 11) is 1.98. The summed E-state index contributed by atoms with van der Waals surface area (Å²) in [4.78, 5) is 0. The van der Waals surface area contributed by atoms with E-state index in [-0.39, 0.29) is 0 Å². The monoisotopic (exact) mass is 115 g/mol. The highest BCUT2D eigenvalue weighted by Gasteiger charge is 2.29. The van der Waals surface area contributed by atoms with Crippen LogP contribution in [0.2, 0.25) is 0 Å². The Labute approximate surface area is 50.2 Å². The Morgan fingerprint density at radius 1 is 1.88 bits per heavy atom. The molecule has 1 heterocycles. The van der Waals surface area contributed by atoms with Crippen molar-refractivity contribution in [3.05, 3.63) is 0 Å². The summed E-state index contributed by atoms with van der Waals surface area (Å²) in [5.74, 6) is 0. The topological polar surface area (TPSA) is 24.6 Å². The Balaban J connectivity index is 2.15. The van der Waals surface area contributed by atoms with E-state index in [0.29, 0.717) is 12.1 Å². The molecule has 0 bridgehead atoms. The molecule has 2 atom stereocenters. The first-order valence-electron chi connectivity index (χ1n) is 3.17. The van der Waals surface area contributed by atoms with E-state index < -0.39 is 0 Å². The Hall–Kier alpha value is -0.0800. The van der Waals surface area contributed by atoms with Gasteiger partial charge in [-0.2, -0.15) is 0 Å². The van der Waals surface area contributed by atoms with E-state index in [0.717, 1.165) is 6.61 Å². The predicted octanol–water partition coefficient (Wildman–Crippen LogP) is 0.383. The van der Waals surface area contributed by atoms with E-state index in [1.165, 1.54) is 6.42 Å². The molecule has 0 aromatic carbocycles. The number of likely N-dealkylation sites (N-methyl/N-ethyl adjacent to an activating group) is 1. The molecule has 1 N–H and O–H groups in total. The molecule has 0 spiro atoms. The van der Waals surface area contributed by atoms with Gasteiger partial charge in [0, 0.05) is 6.04 Å². The molecule has 8 heavy (non-hydrogen) atoms. The number of hydrogen-bond acceptors (Lipinski definition) is 2. The van der Waals surface area contributed by atoms with Gasteiger partial charge in [0.05, 0.1) is 12.7 Å². The zero-order valence-electron chi connectivity index (χ0n) is 5.48. The summed E-state index contributed by atoms with van der Waals surface area (Å²) in [6, 6.07) is 0.593. The summed E-state index contributed by atoms with van der Waals surface area (Å²) in [6.07, 6.45) is 1.69. The lowest BCUT2D eigenvalue weighted by Gasteiger charge is -2.07. The molecule has 0 aromatic heterocycles. The number of rotatable bonds is 3. The van der Waals surface area contributed by atoms with Crippen LogP contribution in [0.25, 0.3) is 0 Å². The fourth-order valence-corrected chi connectivity index (χ4v) is 0.941. The zero-order valence-corrected chi connectivity index (χ0v) is 5.48. The van der Waals surface area contributed by atoms with Crippen LogP contribution >= 0.6 is 0 Å². The standard InChI is InChI=1S/C6H13NO/c1-3-5(7-2)6-4-8-6/h5-7H,3-4H2,1-2H3/t5-,6+/m0/s1. The van der Waals surface area contributed by atoms with Gasteiger partial charge in [-0.15, -0.1) is 0 Å². The molecular formula is C6H13NO. The lowest BCUT2D eigenvalue weighted by atomic mass is 10.2. The van der Waals surface area contributed by atoms with Crippen molar-refractivity contribution < 1.29 is 4.74 Å². The fourth-order valence-electron chi connectivity index (χ4n) is 0.941. The van der Waals surface area contributed by atoms with Gasteiger partial charge in [0.25, 0.3) is 0 Å². The summed E-state index contributed by atoms with van der Waals surface area (Å²) in [5.41, 5.74) is 0. The molecule has 0 aliphatic carbocycles. The van der Waals surface area contributed by atoms with Crippen molar-refractivity contribution >= 4 is 0 Å². The molecule has 1 fully saturated rings. The second-order valence-corrected chi connectivity index (χ2v) is 2.18. The van der Waals surface area contributed by atoms with Crippen LogP contribution in [0.3, 0.4) is 0 Å². The van der Waals surface area contributed by atoms with E-state index in [1.807, 2.05) is 7.05 Å². The second-order valence-electron chi connectivity index (χ2n) is 2.18. The first-order chi connectivity index (χ1) is 3.88. The molecule has 1 aliphatic rings. The van der Waals surface area contributed by atoms with Crippen LogP contribution in [0.4, 0.5) is 0 Å². The third kappa shape index (κ3) is 1.20. The van der Waals surface area contributed by atoms with Crippen LogP contribution in [0.15, 0.2) is 0 Å². The van der Waals surface area contributed by atoms with Crippen LogP contribution in [0.1, 0.15) is 13.3 Å². The van der Waals surface area contributed by atoms with E-state index in [2.05, 4.69) is 12.2 Å². The fraction of sp³-hybridized carbons (Fsp3) is 1.00. The van der Waals surface area contributed by atoms with E-state index in [4.69, 9.17) is 4.74 Å². The maximum atomic E-state index is 5.09. The van der Waals surface area contributed by atoms with Gasteiger partial charge in [-0.1, -0.05) is 6.92 Å². The minimum absolute atomic E-state index is 0.519. The molecule has 48 valence electrons. The molecule has 0 aromatic rings. The summed E-state index contributed by atoms with van der Waals surface area (Å²) in [5, 5.41) is 3.19. The maximum absolute atomic E-state index is 5.09. The largest absolute Gasteiger partial charge is 0.371 e.